The van der Waals surface area contributed by atoms with Gasteiger partial charge in [0.05, 0.1) is 0 Å². The van der Waals surface area contributed by atoms with Crippen LogP contribution in [0, 0.1) is 17.3 Å². The number of carbonyl (C=O) groups is 1. The molecule has 0 saturated heterocycles. The summed E-state index contributed by atoms with van der Waals surface area (Å²) in [6.07, 6.45) is 1.64. The van der Waals surface area contributed by atoms with Crippen LogP contribution >= 0.6 is 0 Å². The predicted molar refractivity (Wildman–Crippen MR) is 44.5 cm³/mol. The van der Waals surface area contributed by atoms with E-state index in [0.717, 1.165) is 6.42 Å². The molecule has 0 spiro atoms. The number of hydrogen-bond donors (Lipinski definition) is 2. The van der Waals surface area contributed by atoms with E-state index in [1.807, 2.05) is 0 Å². The second kappa shape index (κ2) is 1.84. The second-order valence-corrected chi connectivity index (χ2v) is 4.79. The minimum Gasteiger partial charge on any atom is -0.480 e. The van der Waals surface area contributed by atoms with Crippen molar-refractivity contribution < 1.29 is 9.90 Å². The molecule has 0 aliphatic heterocycles. The number of rotatable bonds is 1. The summed E-state index contributed by atoms with van der Waals surface area (Å²) in [7, 11) is 0. The monoisotopic (exact) mass is 169 g/mol. The van der Waals surface area contributed by atoms with Gasteiger partial charge in [-0.1, -0.05) is 13.8 Å². The van der Waals surface area contributed by atoms with E-state index in [1.54, 1.807) is 0 Å². The molecule has 0 heterocycles. The number of hydrogen-bond acceptors (Lipinski definition) is 2. The van der Waals surface area contributed by atoms with Gasteiger partial charge in [0.25, 0.3) is 0 Å². The highest BCUT2D eigenvalue weighted by atomic mass is 16.4. The molecular formula is C9H15NO2. The normalized spacial score (nSPS) is 48.6. The van der Waals surface area contributed by atoms with Gasteiger partial charge >= 0.3 is 5.97 Å². The van der Waals surface area contributed by atoms with Crippen molar-refractivity contribution in [3.05, 3.63) is 0 Å². The van der Waals surface area contributed by atoms with Crippen LogP contribution in [0.3, 0.4) is 0 Å². The molecule has 2 saturated carbocycles. The highest BCUT2D eigenvalue weighted by Gasteiger charge is 2.71. The molecule has 12 heavy (non-hydrogen) atoms. The largest absolute Gasteiger partial charge is 0.480 e. The highest BCUT2D eigenvalue weighted by molar-refractivity contribution is 5.80. The number of aliphatic carboxylic acids is 1. The molecule has 3 N–H and O–H groups in total. The lowest BCUT2D eigenvalue weighted by atomic mass is 9.87. The first-order chi connectivity index (χ1) is 5.40. The Labute approximate surface area is 71.9 Å². The standard InChI is InChI=1S/C9H15NO2/c1-8(2)5-3-4-9(10,6(5)8)7(11)12/h5-6H,3-4,10H2,1-2H3,(H,11,12). The Hall–Kier alpha value is -0.570. The molecule has 3 heteroatoms. The van der Waals surface area contributed by atoms with Crippen LogP contribution in [-0.4, -0.2) is 16.6 Å². The lowest BCUT2D eigenvalue weighted by Gasteiger charge is -2.24. The van der Waals surface area contributed by atoms with Crippen LogP contribution in [0.4, 0.5) is 0 Å². The summed E-state index contributed by atoms with van der Waals surface area (Å²) in [5.41, 5.74) is 5.11. The number of nitrogens with two attached hydrogens (primary N) is 1. The van der Waals surface area contributed by atoms with Crippen LogP contribution in [-0.2, 0) is 4.79 Å². The third kappa shape index (κ3) is 0.678. The Bertz CT molecular complexity index is 249. The van der Waals surface area contributed by atoms with Crippen LogP contribution < -0.4 is 5.73 Å². The molecule has 0 aromatic rings. The van der Waals surface area contributed by atoms with Crippen LogP contribution in [0.25, 0.3) is 0 Å². The van der Waals surface area contributed by atoms with Crippen LogP contribution in [0.15, 0.2) is 0 Å². The van der Waals surface area contributed by atoms with E-state index in [0.29, 0.717) is 12.3 Å². The summed E-state index contributed by atoms with van der Waals surface area (Å²) in [6, 6.07) is 0. The summed E-state index contributed by atoms with van der Waals surface area (Å²) in [6.45, 7) is 4.23. The second-order valence-electron chi connectivity index (χ2n) is 4.79. The molecule has 3 unspecified atom stereocenters. The topological polar surface area (TPSA) is 63.3 Å². The fourth-order valence-electron chi connectivity index (χ4n) is 3.10. The number of carboxylic acid groups (broad SMARTS) is 1. The molecule has 0 aromatic heterocycles. The van der Waals surface area contributed by atoms with Crippen molar-refractivity contribution >= 4 is 5.97 Å². The van der Waals surface area contributed by atoms with Gasteiger partial charge in [-0.15, -0.1) is 0 Å². The Kier molecular flexibility index (Phi) is 1.24. The Morgan fingerprint density at radius 3 is 2.42 bits per heavy atom. The van der Waals surface area contributed by atoms with Crippen molar-refractivity contribution in [1.29, 1.82) is 0 Å². The van der Waals surface area contributed by atoms with E-state index in [2.05, 4.69) is 13.8 Å². The van der Waals surface area contributed by atoms with Gasteiger partial charge < -0.3 is 10.8 Å². The first-order valence-electron chi connectivity index (χ1n) is 4.43. The average Bonchev–Trinajstić information content (AvgIpc) is 2.37. The molecule has 0 aromatic carbocycles. The number of carboxylic acids is 1. The van der Waals surface area contributed by atoms with E-state index >= 15 is 0 Å². The summed E-state index contributed by atoms with van der Waals surface area (Å²) in [4.78, 5) is 10.9. The van der Waals surface area contributed by atoms with E-state index in [9.17, 15) is 4.79 Å². The summed E-state index contributed by atoms with van der Waals surface area (Å²) < 4.78 is 0. The smallest absolute Gasteiger partial charge is 0.323 e. The van der Waals surface area contributed by atoms with Gasteiger partial charge in [-0.25, -0.2) is 0 Å². The highest BCUT2D eigenvalue weighted by Crippen LogP contribution is 2.69. The maximum absolute atomic E-state index is 10.9. The quantitative estimate of drug-likeness (QED) is 0.611. The van der Waals surface area contributed by atoms with E-state index < -0.39 is 11.5 Å². The molecule has 3 atom stereocenters. The Balaban J connectivity index is 2.27. The van der Waals surface area contributed by atoms with Crippen molar-refractivity contribution in [2.75, 3.05) is 0 Å². The predicted octanol–water partition coefficient (Wildman–Crippen LogP) is 0.834. The van der Waals surface area contributed by atoms with Crippen LogP contribution in [0.1, 0.15) is 26.7 Å². The average molecular weight is 169 g/mol. The van der Waals surface area contributed by atoms with Crippen molar-refractivity contribution in [1.82, 2.24) is 0 Å². The first kappa shape index (κ1) is 8.05. The van der Waals surface area contributed by atoms with Crippen molar-refractivity contribution in [3.8, 4) is 0 Å². The molecule has 0 amide bonds. The molecule has 2 aliphatic rings. The molecule has 2 aliphatic carbocycles. The van der Waals surface area contributed by atoms with Gasteiger partial charge in [0, 0.05) is 0 Å². The minimum absolute atomic E-state index is 0.172. The Morgan fingerprint density at radius 2 is 2.17 bits per heavy atom. The van der Waals surface area contributed by atoms with Crippen molar-refractivity contribution in [2.45, 2.75) is 32.2 Å². The first-order valence-corrected chi connectivity index (χ1v) is 4.43. The summed E-state index contributed by atoms with van der Waals surface area (Å²) >= 11 is 0. The molecule has 2 rings (SSSR count). The van der Waals surface area contributed by atoms with Gasteiger partial charge in [0.15, 0.2) is 0 Å². The maximum atomic E-state index is 10.9. The van der Waals surface area contributed by atoms with Gasteiger partial charge in [-0.2, -0.15) is 0 Å². The van der Waals surface area contributed by atoms with E-state index in [4.69, 9.17) is 10.8 Å². The van der Waals surface area contributed by atoms with Gasteiger partial charge in [0.1, 0.15) is 5.54 Å². The third-order valence-corrected chi connectivity index (χ3v) is 3.87. The SMILES string of the molecule is CC1(C)C2CCC(N)(C(=O)O)C21. The van der Waals surface area contributed by atoms with E-state index in [1.165, 1.54) is 0 Å². The summed E-state index contributed by atoms with van der Waals surface area (Å²) in [5.74, 6) is -0.0540. The van der Waals surface area contributed by atoms with Crippen LogP contribution in [0.2, 0.25) is 0 Å². The lowest BCUT2D eigenvalue weighted by molar-refractivity contribution is -0.144. The lowest BCUT2D eigenvalue weighted by Crippen LogP contribution is -2.49. The molecule has 0 bridgehead atoms. The number of fused-ring (bicyclic) bond motifs is 1. The molecule has 3 nitrogen and oxygen atoms in total. The zero-order valence-corrected chi connectivity index (χ0v) is 7.50. The molecule has 0 radical (unpaired) electrons. The van der Waals surface area contributed by atoms with Gasteiger partial charge in [-0.05, 0) is 30.1 Å². The van der Waals surface area contributed by atoms with Gasteiger partial charge in [0.2, 0.25) is 0 Å². The van der Waals surface area contributed by atoms with Crippen LogP contribution in [0.5, 0.6) is 0 Å². The maximum Gasteiger partial charge on any atom is 0.323 e. The molecule has 68 valence electrons. The zero-order valence-electron chi connectivity index (χ0n) is 7.50. The Morgan fingerprint density at radius 1 is 1.58 bits per heavy atom. The molecule has 2 fully saturated rings. The fourth-order valence-corrected chi connectivity index (χ4v) is 3.10. The van der Waals surface area contributed by atoms with Crippen molar-refractivity contribution in [2.24, 2.45) is 23.0 Å². The zero-order chi connectivity index (χ0) is 9.15. The van der Waals surface area contributed by atoms with E-state index in [-0.39, 0.29) is 11.3 Å². The molecular weight excluding hydrogens is 154 g/mol. The minimum atomic E-state index is -0.922. The summed E-state index contributed by atoms with van der Waals surface area (Å²) in [5, 5.41) is 8.98. The van der Waals surface area contributed by atoms with Gasteiger partial charge in [-0.3, -0.25) is 4.79 Å². The van der Waals surface area contributed by atoms with Crippen molar-refractivity contribution in [3.63, 3.8) is 0 Å². The fraction of sp³-hybridized carbons (Fsp3) is 0.889. The third-order valence-electron chi connectivity index (χ3n) is 3.87.